The first-order valence-electron chi connectivity index (χ1n) is 6.31. The number of rotatable bonds is 5. The Morgan fingerprint density at radius 3 is 2.90 bits per heavy atom. The third-order valence-electron chi connectivity index (χ3n) is 3.02. The van der Waals surface area contributed by atoms with Crippen molar-refractivity contribution >= 4 is 28.2 Å². The number of hydrogen-bond acceptors (Lipinski definition) is 5. The van der Waals surface area contributed by atoms with E-state index < -0.39 is 5.97 Å². The molecule has 7 heteroatoms. The minimum absolute atomic E-state index is 0.0118. The number of carbonyl (C=O) groups excluding carboxylic acids is 2. The van der Waals surface area contributed by atoms with Crippen molar-refractivity contribution in [2.45, 2.75) is 20.3 Å². The number of aryl methyl sites for hydroxylation is 1. The van der Waals surface area contributed by atoms with Crippen molar-refractivity contribution in [2.24, 2.45) is 0 Å². The number of amides is 1. The summed E-state index contributed by atoms with van der Waals surface area (Å²) in [6.07, 6.45) is 2.16. The van der Waals surface area contributed by atoms with Gasteiger partial charge in [-0.2, -0.15) is 0 Å². The predicted molar refractivity (Wildman–Crippen MR) is 75.8 cm³/mol. The van der Waals surface area contributed by atoms with E-state index in [1.54, 1.807) is 0 Å². The molecular weight excluding hydrogens is 278 g/mol. The molecule has 0 aliphatic carbocycles. The first kappa shape index (κ1) is 14.5. The number of methoxy groups -OCH3 is 1. The van der Waals surface area contributed by atoms with Gasteiger partial charge in [0, 0.05) is 23.8 Å². The van der Waals surface area contributed by atoms with Gasteiger partial charge < -0.3 is 9.64 Å². The fourth-order valence-corrected chi connectivity index (χ4v) is 2.85. The van der Waals surface area contributed by atoms with E-state index >= 15 is 0 Å². The van der Waals surface area contributed by atoms with Gasteiger partial charge in [0.05, 0.1) is 19.2 Å². The lowest BCUT2D eigenvalue weighted by atomic mass is 10.3. The van der Waals surface area contributed by atoms with Crippen LogP contribution in [-0.4, -0.2) is 46.4 Å². The molecule has 2 heterocycles. The smallest absolute Gasteiger partial charge is 0.325 e. The standard InChI is InChI=1S/C13H17N3O3S/c1-4-15(7-12(18)19-3)11(17)5-10-8-20-13-14-9(2)6-16(10)13/h6,8H,4-5,7H2,1-3H3. The molecule has 1 amide bonds. The van der Waals surface area contributed by atoms with Crippen molar-refractivity contribution in [3.8, 4) is 0 Å². The maximum absolute atomic E-state index is 12.2. The molecule has 0 radical (unpaired) electrons. The Bertz CT molecular complexity index is 632. The van der Waals surface area contributed by atoms with E-state index in [9.17, 15) is 9.59 Å². The van der Waals surface area contributed by atoms with Crippen molar-refractivity contribution in [1.29, 1.82) is 0 Å². The lowest BCUT2D eigenvalue weighted by Crippen LogP contribution is -2.37. The highest BCUT2D eigenvalue weighted by molar-refractivity contribution is 7.15. The fourth-order valence-electron chi connectivity index (χ4n) is 1.93. The highest BCUT2D eigenvalue weighted by atomic mass is 32.1. The average Bonchev–Trinajstić information content (AvgIpc) is 2.96. The number of fused-ring (bicyclic) bond motifs is 1. The summed E-state index contributed by atoms with van der Waals surface area (Å²) in [6.45, 7) is 4.22. The molecule has 0 unspecified atom stereocenters. The van der Waals surface area contributed by atoms with Gasteiger partial charge in [-0.15, -0.1) is 11.3 Å². The van der Waals surface area contributed by atoms with Crippen LogP contribution in [0.3, 0.4) is 0 Å². The normalized spacial score (nSPS) is 10.8. The molecule has 0 saturated carbocycles. The monoisotopic (exact) mass is 295 g/mol. The summed E-state index contributed by atoms with van der Waals surface area (Å²) in [4.78, 5) is 30.2. The largest absolute Gasteiger partial charge is 0.468 e. The molecule has 0 aliphatic heterocycles. The van der Waals surface area contributed by atoms with E-state index in [1.165, 1.54) is 23.3 Å². The van der Waals surface area contributed by atoms with Crippen LogP contribution < -0.4 is 0 Å². The molecule has 0 aromatic carbocycles. The van der Waals surface area contributed by atoms with Crippen LogP contribution in [0.4, 0.5) is 0 Å². The second-order valence-corrected chi connectivity index (χ2v) is 5.26. The molecule has 0 saturated heterocycles. The maximum Gasteiger partial charge on any atom is 0.325 e. The molecular formula is C13H17N3O3S. The second-order valence-electron chi connectivity index (χ2n) is 4.42. The number of nitrogens with zero attached hydrogens (tertiary/aromatic N) is 3. The van der Waals surface area contributed by atoms with E-state index in [0.29, 0.717) is 6.54 Å². The molecule has 108 valence electrons. The molecule has 0 fully saturated rings. The molecule has 20 heavy (non-hydrogen) atoms. The SMILES string of the molecule is CCN(CC(=O)OC)C(=O)Cc1csc2nc(C)cn12. The molecule has 0 aliphatic rings. The van der Waals surface area contributed by atoms with Crippen molar-refractivity contribution in [1.82, 2.24) is 14.3 Å². The Kier molecular flexibility index (Phi) is 4.39. The number of carbonyl (C=O) groups is 2. The average molecular weight is 295 g/mol. The summed E-state index contributed by atoms with van der Waals surface area (Å²) in [5.74, 6) is -0.502. The number of imidazole rings is 1. The Morgan fingerprint density at radius 2 is 2.25 bits per heavy atom. The first-order chi connectivity index (χ1) is 9.55. The van der Waals surface area contributed by atoms with E-state index in [4.69, 9.17) is 0 Å². The lowest BCUT2D eigenvalue weighted by Gasteiger charge is -2.19. The molecule has 6 nitrogen and oxygen atoms in total. The number of likely N-dealkylation sites (N-methyl/N-ethyl adjacent to an activating group) is 1. The number of ether oxygens (including phenoxy) is 1. The maximum atomic E-state index is 12.2. The summed E-state index contributed by atoms with van der Waals surface area (Å²) in [5.41, 5.74) is 1.81. The molecule has 2 rings (SSSR count). The zero-order valence-corrected chi connectivity index (χ0v) is 12.6. The number of esters is 1. The molecule has 0 spiro atoms. The van der Waals surface area contributed by atoms with Crippen LogP contribution in [0, 0.1) is 6.92 Å². The Morgan fingerprint density at radius 1 is 1.50 bits per heavy atom. The van der Waals surface area contributed by atoms with E-state index in [2.05, 4.69) is 9.72 Å². The topological polar surface area (TPSA) is 63.9 Å². The van der Waals surface area contributed by atoms with Crippen LogP contribution in [0.5, 0.6) is 0 Å². The summed E-state index contributed by atoms with van der Waals surface area (Å²) in [7, 11) is 1.32. The molecule has 2 aromatic heterocycles. The van der Waals surface area contributed by atoms with Crippen LogP contribution in [0.2, 0.25) is 0 Å². The van der Waals surface area contributed by atoms with Crippen LogP contribution in [-0.2, 0) is 20.7 Å². The van der Waals surface area contributed by atoms with Gasteiger partial charge in [0.2, 0.25) is 5.91 Å². The number of aromatic nitrogens is 2. The first-order valence-corrected chi connectivity index (χ1v) is 7.19. The fraction of sp³-hybridized carbons (Fsp3) is 0.462. The van der Waals surface area contributed by atoms with Crippen LogP contribution in [0.25, 0.3) is 4.96 Å². The van der Waals surface area contributed by atoms with Crippen LogP contribution in [0.1, 0.15) is 18.3 Å². The predicted octanol–water partition coefficient (Wildman–Crippen LogP) is 1.27. The second kappa shape index (κ2) is 6.04. The minimum atomic E-state index is -0.408. The van der Waals surface area contributed by atoms with Crippen molar-refractivity contribution in [3.05, 3.63) is 23.0 Å². The summed E-state index contributed by atoms with van der Waals surface area (Å²) in [5, 5.41) is 1.92. The molecule has 2 aromatic rings. The van der Waals surface area contributed by atoms with Gasteiger partial charge in [-0.25, -0.2) is 4.98 Å². The number of thiazole rings is 1. The van der Waals surface area contributed by atoms with Gasteiger partial charge in [-0.3, -0.25) is 14.0 Å². The molecule has 0 bridgehead atoms. The summed E-state index contributed by atoms with van der Waals surface area (Å²) in [6, 6.07) is 0. The quantitative estimate of drug-likeness (QED) is 0.779. The van der Waals surface area contributed by atoms with Gasteiger partial charge in [0.1, 0.15) is 6.54 Å². The third kappa shape index (κ3) is 2.98. The van der Waals surface area contributed by atoms with Crippen LogP contribution >= 0.6 is 11.3 Å². The Labute approximate surface area is 121 Å². The third-order valence-corrected chi connectivity index (χ3v) is 3.91. The molecule has 0 N–H and O–H groups in total. The number of hydrogen-bond donors (Lipinski definition) is 0. The zero-order chi connectivity index (χ0) is 14.7. The zero-order valence-electron chi connectivity index (χ0n) is 11.8. The molecule has 0 atom stereocenters. The van der Waals surface area contributed by atoms with Crippen LogP contribution in [0.15, 0.2) is 11.6 Å². The lowest BCUT2D eigenvalue weighted by molar-refractivity contribution is -0.146. The van der Waals surface area contributed by atoms with E-state index in [0.717, 1.165) is 16.3 Å². The van der Waals surface area contributed by atoms with E-state index in [-0.39, 0.29) is 18.9 Å². The Hall–Kier alpha value is -1.89. The Balaban J connectivity index is 2.11. The minimum Gasteiger partial charge on any atom is -0.468 e. The van der Waals surface area contributed by atoms with Gasteiger partial charge >= 0.3 is 5.97 Å². The van der Waals surface area contributed by atoms with Gasteiger partial charge in [-0.05, 0) is 13.8 Å². The van der Waals surface area contributed by atoms with Crippen molar-refractivity contribution < 1.29 is 14.3 Å². The van der Waals surface area contributed by atoms with Crippen molar-refractivity contribution in [2.75, 3.05) is 20.2 Å². The summed E-state index contributed by atoms with van der Waals surface area (Å²) < 4.78 is 6.52. The highest BCUT2D eigenvalue weighted by Crippen LogP contribution is 2.17. The van der Waals surface area contributed by atoms with Gasteiger partial charge in [-0.1, -0.05) is 0 Å². The van der Waals surface area contributed by atoms with Gasteiger partial charge in [0.25, 0.3) is 0 Å². The highest BCUT2D eigenvalue weighted by Gasteiger charge is 2.18. The van der Waals surface area contributed by atoms with Gasteiger partial charge in [0.15, 0.2) is 4.96 Å². The van der Waals surface area contributed by atoms with Crippen molar-refractivity contribution in [3.63, 3.8) is 0 Å². The van der Waals surface area contributed by atoms with E-state index in [1.807, 2.05) is 29.8 Å². The summed E-state index contributed by atoms with van der Waals surface area (Å²) >= 11 is 1.50.